The number of aromatic amines is 2. The highest BCUT2D eigenvalue weighted by atomic mass is 19.1. The first kappa shape index (κ1) is 16.4. The molecule has 0 aliphatic rings. The lowest BCUT2D eigenvalue weighted by Gasteiger charge is -2.08. The predicted molar refractivity (Wildman–Crippen MR) is 85.3 cm³/mol. The molecule has 2 aromatic heterocycles. The normalized spacial score (nSPS) is 10.8. The third kappa shape index (κ3) is 2.55. The van der Waals surface area contributed by atoms with Crippen LogP contribution in [0.25, 0.3) is 21.8 Å². The number of aromatic nitrogens is 2. The smallest absolute Gasteiger partial charge is 0.354 e. The number of carbonyl (C=O) groups is 2. The van der Waals surface area contributed by atoms with Gasteiger partial charge in [-0.3, -0.25) is 9.59 Å². The van der Waals surface area contributed by atoms with E-state index in [4.69, 9.17) is 0 Å². The molecule has 2 heterocycles. The molecule has 0 aliphatic heterocycles. The maximum atomic E-state index is 14.9. The number of hydrogen-bond donors (Lipinski definition) is 2. The summed E-state index contributed by atoms with van der Waals surface area (Å²) in [7, 11) is 2.23. The van der Waals surface area contributed by atoms with Crippen molar-refractivity contribution in [3.05, 3.63) is 55.9 Å². The number of pyridine rings is 2. The fourth-order valence-corrected chi connectivity index (χ4v) is 2.48. The summed E-state index contributed by atoms with van der Waals surface area (Å²) in [5.74, 6) is -2.69. The number of benzene rings is 1. The van der Waals surface area contributed by atoms with E-state index in [-0.39, 0.29) is 33.2 Å². The van der Waals surface area contributed by atoms with Gasteiger partial charge in [0.2, 0.25) is 0 Å². The monoisotopic (exact) mass is 346 g/mol. The van der Waals surface area contributed by atoms with Crippen molar-refractivity contribution in [2.45, 2.75) is 0 Å². The van der Waals surface area contributed by atoms with Gasteiger partial charge in [-0.1, -0.05) is 0 Å². The van der Waals surface area contributed by atoms with E-state index in [1.54, 1.807) is 0 Å². The summed E-state index contributed by atoms with van der Waals surface area (Å²) in [5.41, 5.74) is -2.40. The highest BCUT2D eigenvalue weighted by molar-refractivity contribution is 5.99. The number of methoxy groups -OCH3 is 2. The molecule has 25 heavy (non-hydrogen) atoms. The van der Waals surface area contributed by atoms with Gasteiger partial charge in [0.25, 0.3) is 0 Å². The van der Waals surface area contributed by atoms with Gasteiger partial charge in [-0.25, -0.2) is 14.0 Å². The lowest BCUT2D eigenvalue weighted by molar-refractivity contribution is 0.0586. The standard InChI is InChI=1S/C16H11FN2O6/c1-24-15(22)8-4-10(20)6-3-7-11(21)5-9(16(23)25-2)19-14(7)12(17)13(6)18-8/h3-5H,1-2H3,(H,18,20)(H,19,21). The molecule has 3 aromatic rings. The minimum Gasteiger partial charge on any atom is -0.464 e. The summed E-state index contributed by atoms with van der Waals surface area (Å²) in [6, 6.07) is 3.10. The Morgan fingerprint density at radius 2 is 1.24 bits per heavy atom. The molecule has 1 aromatic carbocycles. The number of halogens is 1. The van der Waals surface area contributed by atoms with Gasteiger partial charge < -0.3 is 19.4 Å². The van der Waals surface area contributed by atoms with Gasteiger partial charge >= 0.3 is 11.9 Å². The number of hydrogen-bond acceptors (Lipinski definition) is 6. The zero-order valence-electron chi connectivity index (χ0n) is 13.1. The first-order chi connectivity index (χ1) is 11.9. The summed E-state index contributed by atoms with van der Waals surface area (Å²) in [6.07, 6.45) is 0. The highest BCUT2D eigenvalue weighted by Crippen LogP contribution is 2.21. The van der Waals surface area contributed by atoms with E-state index in [0.717, 1.165) is 26.4 Å². The third-order valence-corrected chi connectivity index (χ3v) is 3.68. The van der Waals surface area contributed by atoms with E-state index in [1.165, 1.54) is 6.07 Å². The van der Waals surface area contributed by atoms with Crippen LogP contribution in [0.3, 0.4) is 0 Å². The Hall–Kier alpha value is -3.49. The van der Waals surface area contributed by atoms with Crippen LogP contribution in [0.15, 0.2) is 27.8 Å². The van der Waals surface area contributed by atoms with Gasteiger partial charge in [0, 0.05) is 22.9 Å². The zero-order chi connectivity index (χ0) is 18.3. The molecule has 0 bridgehead atoms. The SMILES string of the molecule is COC(=O)c1cc(=O)c2cc3c(=O)cc(C(=O)OC)[nH]c3c(F)c2[nH]1. The van der Waals surface area contributed by atoms with Crippen molar-refractivity contribution in [3.63, 3.8) is 0 Å². The molecule has 3 rings (SSSR count). The Bertz CT molecular complexity index is 1070. The van der Waals surface area contributed by atoms with E-state index in [2.05, 4.69) is 19.4 Å². The summed E-state index contributed by atoms with van der Waals surface area (Å²) >= 11 is 0. The Labute approximate surface area is 138 Å². The van der Waals surface area contributed by atoms with E-state index in [1.807, 2.05) is 0 Å². The average molecular weight is 346 g/mol. The Morgan fingerprint density at radius 1 is 0.840 bits per heavy atom. The van der Waals surface area contributed by atoms with Crippen LogP contribution in [0, 0.1) is 5.82 Å². The number of rotatable bonds is 2. The van der Waals surface area contributed by atoms with Crippen LogP contribution in [-0.2, 0) is 9.47 Å². The second-order valence-electron chi connectivity index (χ2n) is 5.11. The van der Waals surface area contributed by atoms with Gasteiger partial charge in [0.05, 0.1) is 25.3 Å². The molecular weight excluding hydrogens is 335 g/mol. The molecule has 0 aliphatic carbocycles. The molecule has 0 saturated carbocycles. The third-order valence-electron chi connectivity index (χ3n) is 3.68. The fourth-order valence-electron chi connectivity index (χ4n) is 2.48. The van der Waals surface area contributed by atoms with Crippen LogP contribution >= 0.6 is 0 Å². The largest absolute Gasteiger partial charge is 0.464 e. The fraction of sp³-hybridized carbons (Fsp3) is 0.125. The second-order valence-corrected chi connectivity index (χ2v) is 5.11. The maximum Gasteiger partial charge on any atom is 0.354 e. The second kappa shape index (κ2) is 5.86. The van der Waals surface area contributed by atoms with Crippen molar-refractivity contribution in [1.82, 2.24) is 9.97 Å². The van der Waals surface area contributed by atoms with Gasteiger partial charge in [-0.05, 0) is 6.07 Å². The van der Waals surface area contributed by atoms with E-state index >= 15 is 0 Å². The molecule has 2 N–H and O–H groups in total. The van der Waals surface area contributed by atoms with Gasteiger partial charge in [0.1, 0.15) is 11.4 Å². The van der Waals surface area contributed by atoms with Crippen molar-refractivity contribution < 1.29 is 23.5 Å². The Kier molecular flexibility index (Phi) is 3.84. The molecular formula is C16H11FN2O6. The van der Waals surface area contributed by atoms with Crippen LogP contribution in [0.2, 0.25) is 0 Å². The lowest BCUT2D eigenvalue weighted by Crippen LogP contribution is -2.15. The number of H-pyrrole nitrogens is 2. The predicted octanol–water partition coefficient (Wildman–Crippen LogP) is 1.08. The van der Waals surface area contributed by atoms with Crippen LogP contribution in [0.1, 0.15) is 21.0 Å². The van der Waals surface area contributed by atoms with Crippen molar-refractivity contribution in [2.75, 3.05) is 14.2 Å². The van der Waals surface area contributed by atoms with Gasteiger partial charge in [-0.2, -0.15) is 0 Å². The summed E-state index contributed by atoms with van der Waals surface area (Å²) in [6.45, 7) is 0. The van der Waals surface area contributed by atoms with Crippen molar-refractivity contribution in [2.24, 2.45) is 0 Å². The number of nitrogens with one attached hydrogen (secondary N) is 2. The van der Waals surface area contributed by atoms with Gasteiger partial charge in [0.15, 0.2) is 16.7 Å². The molecule has 0 atom stereocenters. The molecule has 0 saturated heterocycles. The minimum atomic E-state index is -0.988. The van der Waals surface area contributed by atoms with E-state index in [9.17, 15) is 23.6 Å². The van der Waals surface area contributed by atoms with Crippen molar-refractivity contribution in [3.8, 4) is 0 Å². The summed E-state index contributed by atoms with van der Waals surface area (Å²) in [5, 5.41) is -0.233. The first-order valence-electron chi connectivity index (χ1n) is 6.96. The molecule has 0 spiro atoms. The number of fused-ring (bicyclic) bond motifs is 2. The van der Waals surface area contributed by atoms with Crippen molar-refractivity contribution in [1.29, 1.82) is 0 Å². The lowest BCUT2D eigenvalue weighted by atomic mass is 10.1. The quantitative estimate of drug-likeness (QED) is 0.529. The molecule has 0 amide bonds. The summed E-state index contributed by atoms with van der Waals surface area (Å²) < 4.78 is 23.9. The van der Waals surface area contributed by atoms with Crippen LogP contribution in [0.5, 0.6) is 0 Å². The molecule has 8 nitrogen and oxygen atoms in total. The minimum absolute atomic E-state index is 0.117. The zero-order valence-corrected chi connectivity index (χ0v) is 13.1. The number of carbonyl (C=O) groups excluding carboxylic acids is 2. The molecule has 0 radical (unpaired) electrons. The maximum absolute atomic E-state index is 14.9. The van der Waals surface area contributed by atoms with Crippen molar-refractivity contribution >= 4 is 33.7 Å². The molecule has 9 heteroatoms. The summed E-state index contributed by atoms with van der Waals surface area (Å²) in [4.78, 5) is 52.5. The number of esters is 2. The van der Waals surface area contributed by atoms with Gasteiger partial charge in [-0.15, -0.1) is 0 Å². The van der Waals surface area contributed by atoms with E-state index < -0.39 is 28.6 Å². The van der Waals surface area contributed by atoms with Crippen LogP contribution < -0.4 is 10.9 Å². The molecule has 128 valence electrons. The highest BCUT2D eigenvalue weighted by Gasteiger charge is 2.18. The van der Waals surface area contributed by atoms with E-state index in [0.29, 0.717) is 0 Å². The van der Waals surface area contributed by atoms with Crippen LogP contribution in [0.4, 0.5) is 4.39 Å². The topological polar surface area (TPSA) is 118 Å². The number of ether oxygens (including phenoxy) is 2. The Morgan fingerprint density at radius 3 is 1.60 bits per heavy atom. The first-order valence-corrected chi connectivity index (χ1v) is 6.96. The molecule has 0 unspecified atom stereocenters. The average Bonchev–Trinajstić information content (AvgIpc) is 2.61. The Balaban J connectivity index is 2.45. The molecule has 0 fully saturated rings. The van der Waals surface area contributed by atoms with Crippen LogP contribution in [-0.4, -0.2) is 36.1 Å².